The molecule has 21 heavy (non-hydrogen) atoms. The van der Waals surface area contributed by atoms with E-state index >= 15 is 0 Å². The van der Waals surface area contributed by atoms with Gasteiger partial charge in [-0.25, -0.2) is 0 Å². The van der Waals surface area contributed by atoms with Gasteiger partial charge >= 0.3 is 11.7 Å². The fourth-order valence-electron chi connectivity index (χ4n) is 1.54. The maximum Gasteiger partial charge on any atom is 0.311 e. The zero-order valence-corrected chi connectivity index (χ0v) is 11.0. The number of azide groups is 1. The van der Waals surface area contributed by atoms with Gasteiger partial charge in [-0.05, 0) is 24.1 Å². The summed E-state index contributed by atoms with van der Waals surface area (Å²) in [5, 5.41) is 21.4. The summed E-state index contributed by atoms with van der Waals surface area (Å²) in [5.41, 5.74) is 8.39. The molecule has 108 valence electrons. The largest absolute Gasteiger partial charge is 0.487 e. The number of rotatable bonds is 6. The van der Waals surface area contributed by atoms with Crippen LogP contribution in [0.3, 0.4) is 0 Å². The highest BCUT2D eigenvalue weighted by molar-refractivity contribution is 5.62. The first-order chi connectivity index (χ1) is 10.2. The van der Waals surface area contributed by atoms with Gasteiger partial charge in [0.15, 0.2) is 5.75 Å². The Hall–Kier alpha value is -3.13. The SMILES string of the molecule is CCCOc1ccc(-c2nnc(N=[N+]=[N-])o2)cc1[N+](=O)[O-]. The van der Waals surface area contributed by atoms with E-state index in [2.05, 4.69) is 20.2 Å². The van der Waals surface area contributed by atoms with Gasteiger partial charge in [0.2, 0.25) is 5.89 Å². The molecule has 0 fully saturated rings. The van der Waals surface area contributed by atoms with Crippen LogP contribution in [0.25, 0.3) is 21.9 Å². The molecule has 0 atom stereocenters. The standard InChI is InChI=1S/C11H10N6O4/c1-2-5-20-9-4-3-7(6-8(9)17(18)19)10-13-14-11(21-10)15-16-12/h3-4,6H,2,5H2,1H3. The van der Waals surface area contributed by atoms with Gasteiger partial charge in [0.05, 0.1) is 11.5 Å². The number of nitro benzene ring substituents is 1. The lowest BCUT2D eigenvalue weighted by atomic mass is 10.2. The van der Waals surface area contributed by atoms with Crippen LogP contribution >= 0.6 is 0 Å². The Balaban J connectivity index is 2.38. The molecule has 1 aromatic heterocycles. The first kappa shape index (κ1) is 14.3. The molecule has 0 aliphatic rings. The van der Waals surface area contributed by atoms with Gasteiger partial charge in [0.1, 0.15) is 0 Å². The first-order valence-corrected chi connectivity index (χ1v) is 5.96. The number of hydrogen-bond donors (Lipinski definition) is 0. The Bertz CT molecular complexity index is 706. The molecule has 0 radical (unpaired) electrons. The number of aromatic nitrogens is 2. The molecule has 0 spiro atoms. The van der Waals surface area contributed by atoms with Crippen LogP contribution in [0.2, 0.25) is 0 Å². The minimum Gasteiger partial charge on any atom is -0.487 e. The summed E-state index contributed by atoms with van der Waals surface area (Å²) in [6.45, 7) is 2.28. The van der Waals surface area contributed by atoms with Crippen molar-refractivity contribution in [3.8, 4) is 17.2 Å². The molecule has 0 saturated heterocycles. The van der Waals surface area contributed by atoms with E-state index in [0.717, 1.165) is 6.42 Å². The Labute approximate surface area is 118 Å². The van der Waals surface area contributed by atoms with Crippen molar-refractivity contribution in [3.05, 3.63) is 38.8 Å². The lowest BCUT2D eigenvalue weighted by molar-refractivity contribution is -0.385. The van der Waals surface area contributed by atoms with Gasteiger partial charge in [-0.3, -0.25) is 10.1 Å². The highest BCUT2D eigenvalue weighted by Gasteiger charge is 2.18. The summed E-state index contributed by atoms with van der Waals surface area (Å²) in [6.07, 6.45) is 0.734. The Kier molecular flexibility index (Phi) is 4.32. The van der Waals surface area contributed by atoms with Crippen LogP contribution in [0.4, 0.5) is 11.7 Å². The van der Waals surface area contributed by atoms with Crippen molar-refractivity contribution in [1.29, 1.82) is 0 Å². The van der Waals surface area contributed by atoms with E-state index in [1.807, 2.05) is 6.92 Å². The third kappa shape index (κ3) is 3.25. The predicted molar refractivity (Wildman–Crippen MR) is 71.0 cm³/mol. The minimum absolute atomic E-state index is 0.0162. The van der Waals surface area contributed by atoms with Crippen LogP contribution < -0.4 is 4.74 Å². The van der Waals surface area contributed by atoms with Gasteiger partial charge in [0.25, 0.3) is 0 Å². The number of ether oxygens (including phenoxy) is 1. The van der Waals surface area contributed by atoms with Crippen LogP contribution in [-0.4, -0.2) is 21.7 Å². The van der Waals surface area contributed by atoms with E-state index in [-0.39, 0.29) is 23.3 Å². The lowest BCUT2D eigenvalue weighted by Crippen LogP contribution is -1.99. The van der Waals surface area contributed by atoms with Crippen molar-refractivity contribution in [2.75, 3.05) is 6.61 Å². The van der Waals surface area contributed by atoms with E-state index in [1.54, 1.807) is 6.07 Å². The van der Waals surface area contributed by atoms with Gasteiger partial charge in [0, 0.05) is 21.7 Å². The molecule has 0 amide bonds. The quantitative estimate of drug-likeness (QED) is 0.262. The van der Waals surface area contributed by atoms with Crippen molar-refractivity contribution >= 4 is 11.7 Å². The highest BCUT2D eigenvalue weighted by atomic mass is 16.6. The number of nitro groups is 1. The van der Waals surface area contributed by atoms with E-state index in [4.69, 9.17) is 14.7 Å². The average Bonchev–Trinajstić information content (AvgIpc) is 2.94. The Morgan fingerprint density at radius 2 is 2.33 bits per heavy atom. The van der Waals surface area contributed by atoms with Crippen molar-refractivity contribution in [3.63, 3.8) is 0 Å². The topological polar surface area (TPSA) is 140 Å². The third-order valence-electron chi connectivity index (χ3n) is 2.41. The lowest BCUT2D eigenvalue weighted by Gasteiger charge is -2.05. The van der Waals surface area contributed by atoms with Crippen molar-refractivity contribution < 1.29 is 14.1 Å². The van der Waals surface area contributed by atoms with E-state index in [9.17, 15) is 10.1 Å². The van der Waals surface area contributed by atoms with Gasteiger partial charge < -0.3 is 9.15 Å². The van der Waals surface area contributed by atoms with Crippen LogP contribution in [-0.2, 0) is 0 Å². The molecule has 0 aliphatic heterocycles. The molecule has 0 saturated carbocycles. The third-order valence-corrected chi connectivity index (χ3v) is 2.41. The van der Waals surface area contributed by atoms with E-state index in [1.165, 1.54) is 12.1 Å². The Morgan fingerprint density at radius 1 is 1.52 bits per heavy atom. The monoisotopic (exact) mass is 290 g/mol. The number of nitrogens with zero attached hydrogens (tertiary/aromatic N) is 6. The molecule has 2 rings (SSSR count). The van der Waals surface area contributed by atoms with Crippen LogP contribution in [0.1, 0.15) is 13.3 Å². The van der Waals surface area contributed by atoms with Crippen LogP contribution in [0.5, 0.6) is 5.75 Å². The molecule has 0 bridgehead atoms. The summed E-state index contributed by atoms with van der Waals surface area (Å²) in [5.74, 6) is 0.183. The second-order valence-corrected chi connectivity index (χ2v) is 3.87. The van der Waals surface area contributed by atoms with Gasteiger partial charge in [-0.2, -0.15) is 0 Å². The van der Waals surface area contributed by atoms with Crippen LogP contribution in [0, 0.1) is 10.1 Å². The molecule has 0 aliphatic carbocycles. The normalized spacial score (nSPS) is 9.95. The van der Waals surface area contributed by atoms with Crippen molar-refractivity contribution in [2.45, 2.75) is 13.3 Å². The second-order valence-electron chi connectivity index (χ2n) is 3.87. The number of benzene rings is 1. The maximum absolute atomic E-state index is 11.1. The summed E-state index contributed by atoms with van der Waals surface area (Å²) < 4.78 is 10.4. The highest BCUT2D eigenvalue weighted by Crippen LogP contribution is 2.32. The Morgan fingerprint density at radius 3 is 3.00 bits per heavy atom. The second kappa shape index (κ2) is 6.35. The fourth-order valence-corrected chi connectivity index (χ4v) is 1.54. The van der Waals surface area contributed by atoms with Crippen molar-refractivity contribution in [2.24, 2.45) is 5.11 Å². The molecule has 0 N–H and O–H groups in total. The molecule has 2 aromatic rings. The molecule has 10 heteroatoms. The van der Waals surface area contributed by atoms with Crippen molar-refractivity contribution in [1.82, 2.24) is 10.2 Å². The molecule has 1 aromatic carbocycles. The molecule has 10 nitrogen and oxygen atoms in total. The number of hydrogen-bond acceptors (Lipinski definition) is 7. The van der Waals surface area contributed by atoms with E-state index < -0.39 is 4.92 Å². The predicted octanol–water partition coefficient (Wildman–Crippen LogP) is 3.38. The van der Waals surface area contributed by atoms with Gasteiger partial charge in [-0.1, -0.05) is 6.92 Å². The first-order valence-electron chi connectivity index (χ1n) is 5.96. The fraction of sp³-hybridized carbons (Fsp3) is 0.273. The minimum atomic E-state index is -0.556. The summed E-state index contributed by atoms with van der Waals surface area (Å²) >= 11 is 0. The molecule has 1 heterocycles. The summed E-state index contributed by atoms with van der Waals surface area (Å²) in [4.78, 5) is 13.0. The molecule has 0 unspecified atom stereocenters. The maximum atomic E-state index is 11.1. The average molecular weight is 290 g/mol. The van der Waals surface area contributed by atoms with Gasteiger partial charge in [-0.15, -0.1) is 10.2 Å². The zero-order chi connectivity index (χ0) is 15.2. The smallest absolute Gasteiger partial charge is 0.311 e. The van der Waals surface area contributed by atoms with Crippen LogP contribution in [0.15, 0.2) is 27.7 Å². The summed E-state index contributed by atoms with van der Waals surface area (Å²) in [7, 11) is 0. The zero-order valence-electron chi connectivity index (χ0n) is 11.0. The van der Waals surface area contributed by atoms with E-state index in [0.29, 0.717) is 12.2 Å². The molecular formula is C11H10N6O4. The molecular weight excluding hydrogens is 280 g/mol. The summed E-state index contributed by atoms with van der Waals surface area (Å²) in [6, 6.07) is 4.01.